The monoisotopic (exact) mass is 352 g/mol. The second-order valence-corrected chi connectivity index (χ2v) is 6.98. The minimum absolute atomic E-state index is 0.584. The lowest BCUT2D eigenvalue weighted by molar-refractivity contribution is 0.323. The van der Waals surface area contributed by atoms with Crippen LogP contribution in [-0.4, -0.2) is 25.2 Å². The molecule has 0 N–H and O–H groups in total. The minimum Gasteiger partial charge on any atom is -0.492 e. The molecule has 4 heteroatoms. The highest BCUT2D eigenvalue weighted by Gasteiger charge is 2.10. The molecule has 0 fully saturated rings. The SMILES string of the molecule is CCCC(C)Cc1ccc(OCCN(C)c2nc3ccccc3o2)cc1. The minimum atomic E-state index is 0.584. The molecule has 0 spiro atoms. The summed E-state index contributed by atoms with van der Waals surface area (Å²) < 4.78 is 11.6. The van der Waals surface area contributed by atoms with Crippen molar-refractivity contribution < 1.29 is 9.15 Å². The summed E-state index contributed by atoms with van der Waals surface area (Å²) in [6.07, 6.45) is 3.66. The Balaban J connectivity index is 1.48. The van der Waals surface area contributed by atoms with Crippen LogP contribution in [0.2, 0.25) is 0 Å². The Morgan fingerprint density at radius 2 is 1.88 bits per heavy atom. The van der Waals surface area contributed by atoms with Crippen LogP contribution in [0.4, 0.5) is 6.01 Å². The van der Waals surface area contributed by atoms with Gasteiger partial charge in [-0.25, -0.2) is 0 Å². The number of hydrogen-bond acceptors (Lipinski definition) is 4. The molecule has 0 aliphatic carbocycles. The van der Waals surface area contributed by atoms with E-state index in [-0.39, 0.29) is 0 Å². The van der Waals surface area contributed by atoms with Gasteiger partial charge in [0.2, 0.25) is 0 Å². The van der Waals surface area contributed by atoms with Crippen molar-refractivity contribution in [3.05, 3.63) is 54.1 Å². The standard InChI is InChI=1S/C22H28N2O2/c1-4-7-17(2)16-18-10-12-19(13-11-18)25-15-14-24(3)22-23-20-8-5-6-9-21(20)26-22/h5-6,8-13,17H,4,7,14-16H2,1-3H3. The van der Waals surface area contributed by atoms with Crippen LogP contribution in [0, 0.1) is 5.92 Å². The van der Waals surface area contributed by atoms with Crippen LogP contribution in [0.25, 0.3) is 11.1 Å². The lowest BCUT2D eigenvalue weighted by Gasteiger charge is -2.15. The van der Waals surface area contributed by atoms with Gasteiger partial charge in [0, 0.05) is 7.05 Å². The maximum atomic E-state index is 5.87. The summed E-state index contributed by atoms with van der Waals surface area (Å²) in [7, 11) is 1.96. The van der Waals surface area contributed by atoms with E-state index in [9.17, 15) is 0 Å². The van der Waals surface area contributed by atoms with E-state index in [2.05, 4.69) is 43.1 Å². The molecule has 1 heterocycles. The molecule has 0 amide bonds. The Labute approximate surface area is 155 Å². The highest BCUT2D eigenvalue weighted by Crippen LogP contribution is 2.21. The molecule has 0 aliphatic rings. The predicted molar refractivity (Wildman–Crippen MR) is 107 cm³/mol. The van der Waals surface area contributed by atoms with Crippen LogP contribution in [0.5, 0.6) is 5.75 Å². The lowest BCUT2D eigenvalue weighted by Crippen LogP contribution is -2.23. The molecular formula is C22H28N2O2. The first-order valence-corrected chi connectivity index (χ1v) is 9.44. The molecule has 0 saturated carbocycles. The van der Waals surface area contributed by atoms with E-state index in [1.807, 2.05) is 36.2 Å². The van der Waals surface area contributed by atoms with E-state index in [1.54, 1.807) is 0 Å². The third kappa shape index (κ3) is 4.78. The predicted octanol–water partition coefficient (Wildman–Crippen LogP) is 5.32. The smallest absolute Gasteiger partial charge is 0.298 e. The molecule has 0 bridgehead atoms. The Bertz CT molecular complexity index is 777. The molecule has 0 radical (unpaired) electrons. The zero-order chi connectivity index (χ0) is 18.4. The fraction of sp³-hybridized carbons (Fsp3) is 0.409. The summed E-state index contributed by atoms with van der Waals surface area (Å²) in [5, 5.41) is 0. The molecule has 1 unspecified atom stereocenters. The van der Waals surface area contributed by atoms with Gasteiger partial charge in [0.1, 0.15) is 17.9 Å². The summed E-state index contributed by atoms with van der Waals surface area (Å²) in [5.41, 5.74) is 3.06. The fourth-order valence-electron chi connectivity index (χ4n) is 3.14. The quantitative estimate of drug-likeness (QED) is 0.522. The molecule has 0 aliphatic heterocycles. The summed E-state index contributed by atoms with van der Waals surface area (Å²) in [4.78, 5) is 6.47. The molecule has 26 heavy (non-hydrogen) atoms. The number of nitrogens with zero attached hydrogens (tertiary/aromatic N) is 2. The highest BCUT2D eigenvalue weighted by atomic mass is 16.5. The van der Waals surface area contributed by atoms with E-state index in [4.69, 9.17) is 9.15 Å². The summed E-state index contributed by atoms with van der Waals surface area (Å²) in [6.45, 7) is 5.85. The van der Waals surface area contributed by atoms with E-state index < -0.39 is 0 Å². The number of anilines is 1. The lowest BCUT2D eigenvalue weighted by atomic mass is 9.97. The average molecular weight is 352 g/mol. The number of rotatable bonds is 9. The first-order valence-electron chi connectivity index (χ1n) is 9.44. The number of ether oxygens (including phenoxy) is 1. The van der Waals surface area contributed by atoms with Gasteiger partial charge in [0.15, 0.2) is 5.58 Å². The number of benzene rings is 2. The number of aromatic nitrogens is 1. The van der Waals surface area contributed by atoms with Crippen molar-refractivity contribution in [2.75, 3.05) is 25.1 Å². The molecule has 138 valence electrons. The van der Waals surface area contributed by atoms with Crippen LogP contribution in [0.3, 0.4) is 0 Å². The molecule has 1 aromatic heterocycles. The number of likely N-dealkylation sites (N-methyl/N-ethyl adjacent to an activating group) is 1. The molecule has 1 atom stereocenters. The Morgan fingerprint density at radius 1 is 1.12 bits per heavy atom. The topological polar surface area (TPSA) is 38.5 Å². The van der Waals surface area contributed by atoms with Crippen molar-refractivity contribution >= 4 is 17.1 Å². The Kier molecular flexibility index (Phi) is 6.16. The van der Waals surface area contributed by atoms with Gasteiger partial charge >= 0.3 is 0 Å². The van der Waals surface area contributed by atoms with E-state index in [0.717, 1.165) is 29.2 Å². The van der Waals surface area contributed by atoms with Crippen molar-refractivity contribution in [2.45, 2.75) is 33.1 Å². The van der Waals surface area contributed by atoms with Crippen LogP contribution in [0.1, 0.15) is 32.3 Å². The van der Waals surface area contributed by atoms with E-state index >= 15 is 0 Å². The second-order valence-electron chi connectivity index (χ2n) is 6.98. The maximum Gasteiger partial charge on any atom is 0.298 e. The number of fused-ring (bicyclic) bond motifs is 1. The second kappa shape index (κ2) is 8.75. The first-order chi connectivity index (χ1) is 12.7. The van der Waals surface area contributed by atoms with Gasteiger partial charge in [0.25, 0.3) is 6.01 Å². The van der Waals surface area contributed by atoms with Crippen molar-refractivity contribution in [3.63, 3.8) is 0 Å². The Hall–Kier alpha value is -2.49. The highest BCUT2D eigenvalue weighted by molar-refractivity contribution is 5.74. The molecular weight excluding hydrogens is 324 g/mol. The van der Waals surface area contributed by atoms with E-state index in [0.29, 0.717) is 19.2 Å². The van der Waals surface area contributed by atoms with Crippen molar-refractivity contribution in [3.8, 4) is 5.75 Å². The van der Waals surface area contributed by atoms with Gasteiger partial charge in [-0.1, -0.05) is 51.0 Å². The van der Waals surface area contributed by atoms with Crippen LogP contribution in [-0.2, 0) is 6.42 Å². The van der Waals surface area contributed by atoms with Crippen molar-refractivity contribution in [1.29, 1.82) is 0 Å². The van der Waals surface area contributed by atoms with Crippen LogP contribution >= 0.6 is 0 Å². The fourth-order valence-corrected chi connectivity index (χ4v) is 3.14. The number of oxazole rings is 1. The normalized spacial score (nSPS) is 12.3. The summed E-state index contributed by atoms with van der Waals surface area (Å²) >= 11 is 0. The maximum absolute atomic E-state index is 5.87. The first kappa shape index (κ1) is 18.3. The van der Waals surface area contributed by atoms with Crippen molar-refractivity contribution in [1.82, 2.24) is 4.98 Å². The molecule has 2 aromatic carbocycles. The largest absolute Gasteiger partial charge is 0.492 e. The van der Waals surface area contributed by atoms with Gasteiger partial charge < -0.3 is 14.1 Å². The van der Waals surface area contributed by atoms with Crippen LogP contribution < -0.4 is 9.64 Å². The van der Waals surface area contributed by atoms with Crippen molar-refractivity contribution in [2.24, 2.45) is 5.92 Å². The van der Waals surface area contributed by atoms with Gasteiger partial charge in [-0.05, 0) is 42.2 Å². The summed E-state index contributed by atoms with van der Waals surface area (Å²) in [6, 6.07) is 16.9. The van der Waals surface area contributed by atoms with Crippen LogP contribution in [0.15, 0.2) is 52.9 Å². The zero-order valence-corrected chi connectivity index (χ0v) is 15.9. The molecule has 3 aromatic rings. The third-order valence-electron chi connectivity index (χ3n) is 4.59. The van der Waals surface area contributed by atoms with Gasteiger partial charge in [-0.3, -0.25) is 0 Å². The zero-order valence-electron chi connectivity index (χ0n) is 15.9. The summed E-state index contributed by atoms with van der Waals surface area (Å²) in [5.74, 6) is 1.64. The third-order valence-corrected chi connectivity index (χ3v) is 4.59. The average Bonchev–Trinajstić information content (AvgIpc) is 3.07. The van der Waals surface area contributed by atoms with Gasteiger partial charge in [-0.15, -0.1) is 0 Å². The van der Waals surface area contributed by atoms with Gasteiger partial charge in [0.05, 0.1) is 6.54 Å². The molecule has 4 nitrogen and oxygen atoms in total. The molecule has 3 rings (SSSR count). The molecule has 0 saturated heterocycles. The Morgan fingerprint density at radius 3 is 2.62 bits per heavy atom. The van der Waals surface area contributed by atoms with Gasteiger partial charge in [-0.2, -0.15) is 4.98 Å². The van der Waals surface area contributed by atoms with E-state index in [1.165, 1.54) is 18.4 Å². The number of para-hydroxylation sites is 2. The number of hydrogen-bond donors (Lipinski definition) is 0.